The van der Waals surface area contributed by atoms with Gasteiger partial charge in [-0.2, -0.15) is 0 Å². The van der Waals surface area contributed by atoms with Crippen LogP contribution < -0.4 is 0 Å². The number of rotatable bonds is 3. The largest absolute Gasteiger partial charge is 0.389 e. The minimum atomic E-state index is -0.799. The molecule has 1 N–H and O–H groups in total. The Morgan fingerprint density at radius 1 is 1.16 bits per heavy atom. The molecule has 108 valence electrons. The molecule has 0 unspecified atom stereocenters. The van der Waals surface area contributed by atoms with Gasteiger partial charge in [-0.25, -0.2) is 0 Å². The third-order valence-corrected chi connectivity index (χ3v) is 5.46. The van der Waals surface area contributed by atoms with Crippen molar-refractivity contribution in [3.05, 3.63) is 0 Å². The molecule has 0 aromatic carbocycles. The fraction of sp³-hybridized carbons (Fsp3) is 0.938. The molecule has 0 aromatic heterocycles. The zero-order chi connectivity index (χ0) is 13.8. The van der Waals surface area contributed by atoms with Crippen LogP contribution in [0.1, 0.15) is 52.4 Å². The van der Waals surface area contributed by atoms with Gasteiger partial charge < -0.3 is 10.0 Å². The molecule has 0 atom stereocenters. The van der Waals surface area contributed by atoms with Crippen LogP contribution in [-0.2, 0) is 4.79 Å². The monoisotopic (exact) mass is 265 g/mol. The van der Waals surface area contributed by atoms with Crippen LogP contribution in [0.3, 0.4) is 0 Å². The highest BCUT2D eigenvalue weighted by atomic mass is 16.3. The second-order valence-electron chi connectivity index (χ2n) is 8.17. The van der Waals surface area contributed by atoms with E-state index in [0.717, 1.165) is 37.0 Å². The lowest BCUT2D eigenvalue weighted by molar-refractivity contribution is -0.158. The number of amides is 1. The number of carbonyl (C=O) groups excluding carboxylic acids is 1. The van der Waals surface area contributed by atoms with Crippen LogP contribution in [-0.4, -0.2) is 35.1 Å². The highest BCUT2D eigenvalue weighted by Crippen LogP contribution is 2.60. The number of nitrogens with zero attached hydrogens (tertiary/aromatic N) is 1. The van der Waals surface area contributed by atoms with Gasteiger partial charge in [0.05, 0.1) is 11.0 Å². The van der Waals surface area contributed by atoms with Crippen LogP contribution in [0.15, 0.2) is 0 Å². The van der Waals surface area contributed by atoms with Crippen molar-refractivity contribution in [2.75, 3.05) is 13.6 Å². The number of carbonyl (C=O) groups is 1. The topological polar surface area (TPSA) is 40.5 Å². The number of hydrogen-bond acceptors (Lipinski definition) is 2. The van der Waals surface area contributed by atoms with Crippen molar-refractivity contribution in [3.8, 4) is 0 Å². The summed E-state index contributed by atoms with van der Waals surface area (Å²) >= 11 is 0. The maximum absolute atomic E-state index is 12.9. The summed E-state index contributed by atoms with van der Waals surface area (Å²) in [6.45, 7) is 3.99. The molecule has 0 radical (unpaired) electrons. The van der Waals surface area contributed by atoms with Crippen LogP contribution in [0.2, 0.25) is 0 Å². The summed E-state index contributed by atoms with van der Waals surface area (Å²) in [7, 11) is 1.86. The molecule has 19 heavy (non-hydrogen) atoms. The van der Waals surface area contributed by atoms with E-state index >= 15 is 0 Å². The van der Waals surface area contributed by atoms with Crippen molar-refractivity contribution in [1.29, 1.82) is 0 Å². The molecule has 4 saturated carbocycles. The molecule has 0 spiro atoms. The van der Waals surface area contributed by atoms with E-state index in [9.17, 15) is 9.90 Å². The van der Waals surface area contributed by atoms with Gasteiger partial charge in [0.25, 0.3) is 0 Å². The Kier molecular flexibility index (Phi) is 2.97. The van der Waals surface area contributed by atoms with Crippen molar-refractivity contribution in [2.24, 2.45) is 23.2 Å². The second kappa shape index (κ2) is 4.21. The number of likely N-dealkylation sites (N-methyl/N-ethyl adjacent to an activating group) is 1. The first-order valence-electron chi connectivity index (χ1n) is 7.75. The molecular weight excluding hydrogens is 238 g/mol. The zero-order valence-electron chi connectivity index (χ0n) is 12.5. The maximum Gasteiger partial charge on any atom is 0.228 e. The Labute approximate surface area is 116 Å². The Bertz CT molecular complexity index is 347. The van der Waals surface area contributed by atoms with Crippen LogP contribution in [0.25, 0.3) is 0 Å². The summed E-state index contributed by atoms with van der Waals surface area (Å²) in [5.41, 5.74) is -0.874. The van der Waals surface area contributed by atoms with Gasteiger partial charge >= 0.3 is 0 Å². The van der Waals surface area contributed by atoms with E-state index in [1.807, 2.05) is 7.05 Å². The molecule has 4 bridgehead atoms. The highest BCUT2D eigenvalue weighted by molar-refractivity contribution is 5.83. The van der Waals surface area contributed by atoms with E-state index in [2.05, 4.69) is 0 Å². The zero-order valence-corrected chi connectivity index (χ0v) is 12.5. The fourth-order valence-electron chi connectivity index (χ4n) is 5.43. The first-order chi connectivity index (χ1) is 8.77. The molecule has 1 amide bonds. The molecule has 3 heteroatoms. The predicted octanol–water partition coefficient (Wildman–Crippen LogP) is 2.43. The molecule has 3 nitrogen and oxygen atoms in total. The van der Waals surface area contributed by atoms with E-state index in [4.69, 9.17) is 0 Å². The molecular formula is C16H27NO2. The summed E-state index contributed by atoms with van der Waals surface area (Å²) < 4.78 is 0. The normalized spacial score (nSPS) is 40.5. The van der Waals surface area contributed by atoms with Gasteiger partial charge in [-0.3, -0.25) is 4.79 Å². The minimum absolute atomic E-state index is 0.0747. The average molecular weight is 265 g/mol. The van der Waals surface area contributed by atoms with Crippen molar-refractivity contribution in [1.82, 2.24) is 4.90 Å². The van der Waals surface area contributed by atoms with Gasteiger partial charge in [-0.1, -0.05) is 0 Å². The van der Waals surface area contributed by atoms with Crippen LogP contribution in [0.4, 0.5) is 0 Å². The molecule has 0 aromatic rings. The van der Waals surface area contributed by atoms with Crippen LogP contribution in [0, 0.1) is 23.2 Å². The van der Waals surface area contributed by atoms with E-state index in [0.29, 0.717) is 12.5 Å². The molecule has 4 fully saturated rings. The van der Waals surface area contributed by atoms with Crippen molar-refractivity contribution in [2.45, 2.75) is 58.0 Å². The third-order valence-electron chi connectivity index (χ3n) is 5.46. The maximum atomic E-state index is 12.9. The summed E-state index contributed by atoms with van der Waals surface area (Å²) in [5.74, 6) is 2.69. The molecule has 4 aliphatic carbocycles. The fourth-order valence-corrected chi connectivity index (χ4v) is 5.43. The van der Waals surface area contributed by atoms with Gasteiger partial charge in [-0.15, -0.1) is 0 Å². The predicted molar refractivity (Wildman–Crippen MR) is 74.5 cm³/mol. The highest BCUT2D eigenvalue weighted by Gasteiger charge is 2.55. The van der Waals surface area contributed by atoms with Crippen molar-refractivity contribution in [3.63, 3.8) is 0 Å². The summed E-state index contributed by atoms with van der Waals surface area (Å²) in [6.07, 6.45) is 7.40. The molecule has 0 saturated heterocycles. The first-order valence-corrected chi connectivity index (χ1v) is 7.75. The van der Waals surface area contributed by atoms with Gasteiger partial charge in [0, 0.05) is 13.6 Å². The van der Waals surface area contributed by atoms with Crippen molar-refractivity contribution < 1.29 is 9.90 Å². The minimum Gasteiger partial charge on any atom is -0.389 e. The Balaban J connectivity index is 1.76. The lowest BCUT2D eigenvalue weighted by Crippen LogP contribution is -2.55. The quantitative estimate of drug-likeness (QED) is 0.851. The van der Waals surface area contributed by atoms with Gasteiger partial charge in [-0.05, 0) is 70.1 Å². The van der Waals surface area contributed by atoms with E-state index in [1.165, 1.54) is 19.3 Å². The molecule has 0 aliphatic heterocycles. The SMILES string of the molecule is CN(CC(C)(C)O)C(=O)C12CC3CC(CC(C3)C1)C2. The second-order valence-corrected chi connectivity index (χ2v) is 8.17. The lowest BCUT2D eigenvalue weighted by Gasteiger charge is -2.56. The summed E-state index contributed by atoms with van der Waals surface area (Å²) in [4.78, 5) is 14.7. The lowest BCUT2D eigenvalue weighted by atomic mass is 9.49. The molecule has 4 aliphatic rings. The van der Waals surface area contributed by atoms with Gasteiger partial charge in [0.1, 0.15) is 0 Å². The van der Waals surface area contributed by atoms with E-state index < -0.39 is 5.60 Å². The van der Waals surface area contributed by atoms with Crippen LogP contribution >= 0.6 is 0 Å². The smallest absolute Gasteiger partial charge is 0.228 e. The van der Waals surface area contributed by atoms with Gasteiger partial charge in [0.2, 0.25) is 5.91 Å². The Morgan fingerprint density at radius 3 is 1.95 bits per heavy atom. The van der Waals surface area contributed by atoms with E-state index in [-0.39, 0.29) is 5.41 Å². The van der Waals surface area contributed by atoms with E-state index in [1.54, 1.807) is 18.7 Å². The number of hydrogen-bond donors (Lipinski definition) is 1. The molecule has 4 rings (SSSR count). The third kappa shape index (κ3) is 2.42. The van der Waals surface area contributed by atoms with Crippen LogP contribution in [0.5, 0.6) is 0 Å². The molecule has 0 heterocycles. The summed E-state index contributed by atoms with van der Waals surface area (Å²) in [6, 6.07) is 0. The average Bonchev–Trinajstić information content (AvgIpc) is 2.23. The number of aliphatic hydroxyl groups is 1. The standard InChI is InChI=1S/C16H27NO2/c1-15(2,19)10-17(3)14(18)16-7-11-4-12(8-16)6-13(5-11)9-16/h11-13,19H,4-10H2,1-3H3. The van der Waals surface area contributed by atoms with Gasteiger partial charge in [0.15, 0.2) is 0 Å². The Morgan fingerprint density at radius 2 is 1.58 bits per heavy atom. The first kappa shape index (κ1) is 13.4. The summed E-state index contributed by atoms with van der Waals surface area (Å²) in [5, 5.41) is 9.92. The van der Waals surface area contributed by atoms with Crippen molar-refractivity contribution >= 4 is 5.91 Å². The Hall–Kier alpha value is -0.570.